The molecule has 0 aliphatic carbocycles. The lowest BCUT2D eigenvalue weighted by Crippen LogP contribution is -2.41. The second kappa shape index (κ2) is 6.79. The van der Waals surface area contributed by atoms with E-state index in [4.69, 9.17) is 9.31 Å². The Morgan fingerprint density at radius 3 is 2.14 bits per heavy atom. The number of thioether (sulfide) groups is 1. The fraction of sp³-hybridized carbons (Fsp3) is 0.529. The third-order valence-corrected chi connectivity index (χ3v) is 5.15. The zero-order chi connectivity index (χ0) is 16.4. The van der Waals surface area contributed by atoms with Gasteiger partial charge in [0.05, 0.1) is 11.2 Å². The van der Waals surface area contributed by atoms with Crippen LogP contribution in [0.1, 0.15) is 33.3 Å². The van der Waals surface area contributed by atoms with Gasteiger partial charge >= 0.3 is 7.12 Å². The molecule has 5 heteroatoms. The van der Waals surface area contributed by atoms with Crippen molar-refractivity contribution in [3.05, 3.63) is 35.3 Å². The highest BCUT2D eigenvalue weighted by atomic mass is 32.2. The van der Waals surface area contributed by atoms with Crippen LogP contribution in [0.5, 0.6) is 0 Å². The largest absolute Gasteiger partial charge is 0.491 e. The van der Waals surface area contributed by atoms with Crippen LogP contribution in [0.3, 0.4) is 0 Å². The SMILES string of the molecule is CNCC(=Cc1ccc(SC)cc1)B1OC(C)(C)C(C)(C)O1. The number of hydrogen-bond acceptors (Lipinski definition) is 4. The van der Waals surface area contributed by atoms with Crippen molar-refractivity contribution < 1.29 is 9.31 Å². The van der Waals surface area contributed by atoms with E-state index in [0.717, 1.165) is 17.6 Å². The van der Waals surface area contributed by atoms with E-state index in [0.29, 0.717) is 0 Å². The highest BCUT2D eigenvalue weighted by Crippen LogP contribution is 2.38. The molecule has 1 aromatic carbocycles. The van der Waals surface area contributed by atoms with E-state index in [9.17, 15) is 0 Å². The molecule has 22 heavy (non-hydrogen) atoms. The number of benzene rings is 1. The maximum atomic E-state index is 6.16. The van der Waals surface area contributed by atoms with Gasteiger partial charge in [0.1, 0.15) is 0 Å². The molecule has 1 heterocycles. The normalized spacial score (nSPS) is 20.5. The molecule has 0 atom stereocenters. The van der Waals surface area contributed by atoms with Gasteiger partial charge in [0.2, 0.25) is 0 Å². The number of likely N-dealkylation sites (N-methyl/N-ethyl adjacent to an activating group) is 1. The summed E-state index contributed by atoms with van der Waals surface area (Å²) in [6.07, 6.45) is 4.24. The monoisotopic (exact) mass is 319 g/mol. The van der Waals surface area contributed by atoms with Gasteiger partial charge in [0, 0.05) is 11.4 Å². The van der Waals surface area contributed by atoms with E-state index < -0.39 is 0 Å². The van der Waals surface area contributed by atoms with Crippen molar-refractivity contribution in [2.24, 2.45) is 0 Å². The Labute approximate surface area is 139 Å². The Hall–Kier alpha value is -0.745. The highest BCUT2D eigenvalue weighted by molar-refractivity contribution is 7.98. The summed E-state index contributed by atoms with van der Waals surface area (Å²) in [7, 11) is 1.63. The molecule has 0 saturated carbocycles. The third kappa shape index (κ3) is 3.77. The molecule has 1 saturated heterocycles. The summed E-state index contributed by atoms with van der Waals surface area (Å²) in [6, 6.07) is 8.54. The topological polar surface area (TPSA) is 30.5 Å². The van der Waals surface area contributed by atoms with Crippen LogP contribution in [0, 0.1) is 0 Å². The lowest BCUT2D eigenvalue weighted by atomic mass is 9.77. The van der Waals surface area contributed by atoms with Crippen molar-refractivity contribution in [3.63, 3.8) is 0 Å². The van der Waals surface area contributed by atoms with Crippen LogP contribution in [0.2, 0.25) is 0 Å². The molecule has 0 aromatic heterocycles. The van der Waals surface area contributed by atoms with E-state index in [-0.39, 0.29) is 18.3 Å². The minimum atomic E-state index is -0.312. The van der Waals surface area contributed by atoms with Crippen LogP contribution in [-0.2, 0) is 9.31 Å². The first-order chi connectivity index (χ1) is 10.3. The maximum absolute atomic E-state index is 6.16. The molecule has 0 radical (unpaired) electrons. The van der Waals surface area contributed by atoms with E-state index >= 15 is 0 Å². The third-order valence-electron chi connectivity index (χ3n) is 4.40. The van der Waals surface area contributed by atoms with Crippen LogP contribution >= 0.6 is 11.8 Å². The van der Waals surface area contributed by atoms with Crippen molar-refractivity contribution in [1.29, 1.82) is 0 Å². The van der Waals surface area contributed by atoms with Crippen LogP contribution in [-0.4, -0.2) is 38.2 Å². The first kappa shape index (κ1) is 17.6. The second-order valence-corrected chi connectivity index (χ2v) is 7.49. The minimum Gasteiger partial charge on any atom is -0.400 e. The molecule has 0 amide bonds. The number of hydrogen-bond donors (Lipinski definition) is 1. The first-order valence-corrected chi connectivity index (χ1v) is 8.86. The fourth-order valence-electron chi connectivity index (χ4n) is 2.32. The predicted octanol–water partition coefficient (Wildman–Crippen LogP) is 3.64. The minimum absolute atomic E-state index is 0.308. The fourth-order valence-corrected chi connectivity index (χ4v) is 2.72. The van der Waals surface area contributed by atoms with Gasteiger partial charge in [-0.15, -0.1) is 11.8 Å². The van der Waals surface area contributed by atoms with Gasteiger partial charge in [0.25, 0.3) is 0 Å². The molecule has 0 bridgehead atoms. The number of rotatable bonds is 5. The van der Waals surface area contributed by atoms with E-state index in [1.807, 2.05) is 7.05 Å². The van der Waals surface area contributed by atoms with Gasteiger partial charge in [-0.3, -0.25) is 0 Å². The van der Waals surface area contributed by atoms with Crippen LogP contribution in [0.25, 0.3) is 6.08 Å². The summed E-state index contributed by atoms with van der Waals surface area (Å²) in [5.74, 6) is 0. The first-order valence-electron chi connectivity index (χ1n) is 7.64. The molecule has 0 unspecified atom stereocenters. The van der Waals surface area contributed by atoms with Gasteiger partial charge in [0.15, 0.2) is 0 Å². The van der Waals surface area contributed by atoms with Crippen molar-refractivity contribution in [1.82, 2.24) is 5.32 Å². The van der Waals surface area contributed by atoms with Crippen LogP contribution < -0.4 is 5.32 Å². The van der Waals surface area contributed by atoms with Gasteiger partial charge in [-0.25, -0.2) is 0 Å². The van der Waals surface area contributed by atoms with E-state index in [1.165, 1.54) is 4.90 Å². The number of nitrogens with one attached hydrogen (secondary N) is 1. The summed E-state index contributed by atoms with van der Waals surface area (Å²) in [4.78, 5) is 1.27. The van der Waals surface area contributed by atoms with Gasteiger partial charge in [-0.1, -0.05) is 18.2 Å². The van der Waals surface area contributed by atoms with Gasteiger partial charge in [-0.05, 0) is 64.2 Å². The summed E-state index contributed by atoms with van der Waals surface area (Å²) < 4.78 is 12.3. The molecule has 1 fully saturated rings. The lowest BCUT2D eigenvalue weighted by Gasteiger charge is -2.32. The molecular weight excluding hydrogens is 293 g/mol. The summed E-state index contributed by atoms with van der Waals surface area (Å²) in [5, 5.41) is 3.21. The maximum Gasteiger partial charge on any atom is 0.491 e. The predicted molar refractivity (Wildman–Crippen MR) is 96.2 cm³/mol. The molecule has 1 aliphatic heterocycles. The Balaban J connectivity index is 2.24. The molecule has 0 spiro atoms. The Bertz CT molecular complexity index is 524. The van der Waals surface area contributed by atoms with E-state index in [2.05, 4.69) is 69.6 Å². The average molecular weight is 319 g/mol. The Kier molecular flexibility index (Phi) is 5.43. The summed E-state index contributed by atoms with van der Waals surface area (Å²) >= 11 is 1.75. The lowest BCUT2D eigenvalue weighted by molar-refractivity contribution is 0.00578. The van der Waals surface area contributed by atoms with Gasteiger partial charge in [-0.2, -0.15) is 0 Å². The Morgan fingerprint density at radius 2 is 1.68 bits per heavy atom. The summed E-state index contributed by atoms with van der Waals surface area (Å²) in [5.41, 5.74) is 1.65. The van der Waals surface area contributed by atoms with E-state index in [1.54, 1.807) is 11.8 Å². The molecule has 1 aliphatic rings. The van der Waals surface area contributed by atoms with Crippen LogP contribution in [0.15, 0.2) is 34.6 Å². The molecular formula is C17H26BNO2S. The molecule has 1 N–H and O–H groups in total. The zero-order valence-corrected chi connectivity index (χ0v) is 15.2. The van der Waals surface area contributed by atoms with Crippen molar-refractivity contribution in [3.8, 4) is 0 Å². The Morgan fingerprint density at radius 1 is 1.14 bits per heavy atom. The zero-order valence-electron chi connectivity index (χ0n) is 14.4. The molecule has 3 nitrogen and oxygen atoms in total. The summed E-state index contributed by atoms with van der Waals surface area (Å²) in [6.45, 7) is 9.06. The molecule has 2 rings (SSSR count). The molecule has 1 aromatic rings. The van der Waals surface area contributed by atoms with Crippen LogP contribution in [0.4, 0.5) is 0 Å². The average Bonchev–Trinajstić information content (AvgIpc) is 2.68. The second-order valence-electron chi connectivity index (χ2n) is 6.61. The highest BCUT2D eigenvalue weighted by Gasteiger charge is 2.52. The van der Waals surface area contributed by atoms with Crippen molar-refractivity contribution in [2.45, 2.75) is 43.8 Å². The quantitative estimate of drug-likeness (QED) is 0.663. The smallest absolute Gasteiger partial charge is 0.400 e. The standard InChI is InChI=1S/C17H26BNO2S/c1-16(2)17(3,4)21-18(20-16)14(12-19-5)11-13-7-9-15(22-6)10-8-13/h7-11,19H,12H2,1-6H3. The van der Waals surface area contributed by atoms with Gasteiger partial charge < -0.3 is 14.6 Å². The van der Waals surface area contributed by atoms with Crippen molar-refractivity contribution in [2.75, 3.05) is 19.8 Å². The molecule has 120 valence electrons. The van der Waals surface area contributed by atoms with Crippen molar-refractivity contribution >= 4 is 25.0 Å².